The highest BCUT2D eigenvalue weighted by Crippen LogP contribution is 2.29. The molecule has 2 aromatic heterocycles. The fourth-order valence-electron chi connectivity index (χ4n) is 4.37. The Kier molecular flexibility index (Phi) is 6.68. The number of hydrogen-bond acceptors (Lipinski definition) is 6. The van der Waals surface area contributed by atoms with Crippen LogP contribution in [0.4, 0.5) is 17.5 Å². The number of aromatic nitrogens is 4. The van der Waals surface area contributed by atoms with Crippen molar-refractivity contribution in [2.45, 2.75) is 58.6 Å². The summed E-state index contributed by atoms with van der Waals surface area (Å²) in [4.78, 5) is 24.1. The first-order valence-electron chi connectivity index (χ1n) is 11.6. The number of anilines is 3. The Morgan fingerprint density at radius 3 is 2.64 bits per heavy atom. The first-order valence-corrected chi connectivity index (χ1v) is 12.0. The molecular weight excluding hydrogens is 440 g/mol. The summed E-state index contributed by atoms with van der Waals surface area (Å²) < 4.78 is 3.32. The summed E-state index contributed by atoms with van der Waals surface area (Å²) in [6.45, 7) is 8.06. The molecule has 9 heteroatoms. The molecule has 0 amide bonds. The number of aryl methyl sites for hydroxylation is 2. The number of benzene rings is 1. The van der Waals surface area contributed by atoms with Crippen LogP contribution in [-0.4, -0.2) is 42.9 Å². The lowest BCUT2D eigenvalue weighted by atomic mass is 9.95. The molecule has 1 aliphatic heterocycles. The number of nitrogens with one attached hydrogen (secondary N) is 1. The summed E-state index contributed by atoms with van der Waals surface area (Å²) in [5, 5.41) is 13.9. The van der Waals surface area contributed by atoms with Gasteiger partial charge in [-0.2, -0.15) is 4.98 Å². The predicted octanol–water partition coefficient (Wildman–Crippen LogP) is 4.31. The largest absolute Gasteiger partial charge is 0.390 e. The van der Waals surface area contributed by atoms with Gasteiger partial charge >= 0.3 is 5.69 Å². The summed E-state index contributed by atoms with van der Waals surface area (Å²) in [7, 11) is 1.76. The van der Waals surface area contributed by atoms with Crippen LogP contribution in [0.5, 0.6) is 0 Å². The van der Waals surface area contributed by atoms with Crippen LogP contribution in [0.15, 0.2) is 29.2 Å². The maximum Gasteiger partial charge on any atom is 0.328 e. The summed E-state index contributed by atoms with van der Waals surface area (Å²) in [5.74, 6) is 2.00. The van der Waals surface area contributed by atoms with E-state index in [0.717, 1.165) is 48.6 Å². The monoisotopic (exact) mass is 472 g/mol. The molecule has 1 aliphatic rings. The Labute approximate surface area is 199 Å². The maximum atomic E-state index is 12.8. The molecule has 1 fully saturated rings. The van der Waals surface area contributed by atoms with Crippen molar-refractivity contribution >= 4 is 40.1 Å². The molecule has 8 nitrogen and oxygen atoms in total. The molecule has 0 atom stereocenters. The number of halogens is 1. The zero-order valence-corrected chi connectivity index (χ0v) is 20.6. The minimum Gasteiger partial charge on any atom is -0.390 e. The number of piperidine rings is 1. The molecular formula is C24H33ClN6O2. The van der Waals surface area contributed by atoms with E-state index in [1.807, 2.05) is 18.2 Å². The molecule has 3 heterocycles. The maximum absolute atomic E-state index is 12.8. The van der Waals surface area contributed by atoms with Gasteiger partial charge in [-0.25, -0.2) is 9.78 Å². The van der Waals surface area contributed by atoms with E-state index in [2.05, 4.69) is 22.1 Å². The van der Waals surface area contributed by atoms with Gasteiger partial charge in [0.05, 0.1) is 22.8 Å². The number of fused-ring (bicyclic) bond motifs is 1. The van der Waals surface area contributed by atoms with Crippen molar-refractivity contribution in [1.82, 2.24) is 19.1 Å². The van der Waals surface area contributed by atoms with Gasteiger partial charge < -0.3 is 15.3 Å². The molecule has 0 unspecified atom stereocenters. The molecule has 4 rings (SSSR count). The smallest absolute Gasteiger partial charge is 0.328 e. The number of aliphatic hydroxyl groups is 1. The highest BCUT2D eigenvalue weighted by atomic mass is 35.5. The third-order valence-corrected chi connectivity index (χ3v) is 6.84. The van der Waals surface area contributed by atoms with Crippen LogP contribution >= 0.6 is 11.6 Å². The van der Waals surface area contributed by atoms with E-state index in [4.69, 9.17) is 16.6 Å². The highest BCUT2D eigenvalue weighted by molar-refractivity contribution is 6.32. The standard InChI is InChI=1S/C24H33ClN6O2/c1-5-16-8-11-30(12-9-16)22-26-15-18(25)21(28-22)27-17-6-7-19-20(14-17)31(23(32)29(19)4)13-10-24(2,3)33/h6-7,14-16,33H,5,8-13H2,1-4H3,(H,26,27,28). The average molecular weight is 473 g/mol. The van der Waals surface area contributed by atoms with Crippen LogP contribution in [0.3, 0.4) is 0 Å². The molecule has 2 N–H and O–H groups in total. The summed E-state index contributed by atoms with van der Waals surface area (Å²) in [5.41, 5.74) is 1.44. The van der Waals surface area contributed by atoms with Gasteiger partial charge in [0.1, 0.15) is 5.02 Å². The van der Waals surface area contributed by atoms with Crippen LogP contribution in [0.2, 0.25) is 5.02 Å². The van der Waals surface area contributed by atoms with Gasteiger partial charge in [0, 0.05) is 32.4 Å². The first kappa shape index (κ1) is 23.6. The lowest BCUT2D eigenvalue weighted by Crippen LogP contribution is -2.34. The van der Waals surface area contributed by atoms with E-state index < -0.39 is 5.60 Å². The topological polar surface area (TPSA) is 88.2 Å². The quantitative estimate of drug-likeness (QED) is 0.532. The molecule has 1 aromatic carbocycles. The van der Waals surface area contributed by atoms with E-state index in [-0.39, 0.29) is 5.69 Å². The Bertz CT molecular complexity index is 1190. The first-order chi connectivity index (χ1) is 15.7. The Morgan fingerprint density at radius 2 is 1.97 bits per heavy atom. The molecule has 0 saturated carbocycles. The van der Waals surface area contributed by atoms with Gasteiger partial charge in [-0.1, -0.05) is 24.9 Å². The van der Waals surface area contributed by atoms with Gasteiger partial charge in [-0.15, -0.1) is 0 Å². The SMILES string of the molecule is CCC1CCN(c2ncc(Cl)c(Nc3ccc4c(c3)n(CCC(C)(C)O)c(=O)n4C)n2)CC1. The molecule has 0 spiro atoms. The third-order valence-electron chi connectivity index (χ3n) is 6.56. The second-order valence-corrected chi connectivity index (χ2v) is 10.00. The molecule has 33 heavy (non-hydrogen) atoms. The van der Waals surface area contributed by atoms with Gasteiger partial charge in [-0.3, -0.25) is 9.13 Å². The van der Waals surface area contributed by atoms with Crippen molar-refractivity contribution in [2.75, 3.05) is 23.3 Å². The van der Waals surface area contributed by atoms with Crippen molar-refractivity contribution in [1.29, 1.82) is 0 Å². The zero-order chi connectivity index (χ0) is 23.8. The fraction of sp³-hybridized carbons (Fsp3) is 0.542. The molecule has 0 bridgehead atoms. The Hall–Kier alpha value is -2.58. The van der Waals surface area contributed by atoms with E-state index in [1.54, 1.807) is 36.2 Å². The average Bonchev–Trinajstić information content (AvgIpc) is 3.02. The lowest BCUT2D eigenvalue weighted by molar-refractivity contribution is 0.0662. The Morgan fingerprint density at radius 1 is 1.24 bits per heavy atom. The van der Waals surface area contributed by atoms with Crippen LogP contribution in [-0.2, 0) is 13.6 Å². The summed E-state index contributed by atoms with van der Waals surface area (Å²) >= 11 is 6.42. The minimum absolute atomic E-state index is 0.107. The van der Waals surface area contributed by atoms with Gasteiger partial charge in [-0.05, 0) is 57.2 Å². The van der Waals surface area contributed by atoms with Crippen molar-refractivity contribution in [2.24, 2.45) is 13.0 Å². The second-order valence-electron chi connectivity index (χ2n) is 9.59. The normalized spacial score (nSPS) is 15.4. The van der Waals surface area contributed by atoms with E-state index in [1.165, 1.54) is 6.42 Å². The number of rotatable bonds is 7. The summed E-state index contributed by atoms with van der Waals surface area (Å²) in [6, 6.07) is 5.74. The van der Waals surface area contributed by atoms with E-state index >= 15 is 0 Å². The molecule has 178 valence electrons. The van der Waals surface area contributed by atoms with Crippen molar-refractivity contribution < 1.29 is 5.11 Å². The van der Waals surface area contributed by atoms with Gasteiger partial charge in [0.25, 0.3) is 0 Å². The fourth-order valence-corrected chi connectivity index (χ4v) is 4.50. The van der Waals surface area contributed by atoms with Crippen molar-refractivity contribution in [3.63, 3.8) is 0 Å². The molecule has 1 saturated heterocycles. The third kappa shape index (κ3) is 5.17. The highest BCUT2D eigenvalue weighted by Gasteiger charge is 2.21. The Balaban J connectivity index is 1.60. The van der Waals surface area contributed by atoms with E-state index in [0.29, 0.717) is 29.8 Å². The number of imidazole rings is 1. The van der Waals surface area contributed by atoms with Gasteiger partial charge in [0.2, 0.25) is 5.95 Å². The second kappa shape index (κ2) is 9.35. The van der Waals surface area contributed by atoms with Crippen LogP contribution in [0.1, 0.15) is 46.5 Å². The number of nitrogens with zero attached hydrogens (tertiary/aromatic N) is 5. The van der Waals surface area contributed by atoms with Crippen LogP contribution in [0, 0.1) is 5.92 Å². The molecule has 0 radical (unpaired) electrons. The number of hydrogen-bond donors (Lipinski definition) is 2. The summed E-state index contributed by atoms with van der Waals surface area (Å²) in [6.07, 6.45) is 5.62. The van der Waals surface area contributed by atoms with Crippen LogP contribution in [0.25, 0.3) is 11.0 Å². The van der Waals surface area contributed by atoms with Gasteiger partial charge in [0.15, 0.2) is 5.82 Å². The minimum atomic E-state index is -0.853. The predicted molar refractivity (Wildman–Crippen MR) is 134 cm³/mol. The molecule has 0 aliphatic carbocycles. The van der Waals surface area contributed by atoms with Crippen molar-refractivity contribution in [3.05, 3.63) is 39.9 Å². The zero-order valence-electron chi connectivity index (χ0n) is 19.8. The van der Waals surface area contributed by atoms with Crippen molar-refractivity contribution in [3.8, 4) is 0 Å². The molecule has 3 aromatic rings. The van der Waals surface area contributed by atoms with E-state index in [9.17, 15) is 9.90 Å². The lowest BCUT2D eigenvalue weighted by Gasteiger charge is -2.31. The van der Waals surface area contributed by atoms with Crippen LogP contribution < -0.4 is 15.9 Å².